The highest BCUT2D eigenvalue weighted by molar-refractivity contribution is 5.95. The van der Waals surface area contributed by atoms with E-state index >= 15 is 0 Å². The van der Waals surface area contributed by atoms with Gasteiger partial charge in [0.05, 0.1) is 13.2 Å². The van der Waals surface area contributed by atoms with Gasteiger partial charge < -0.3 is 15.4 Å². The number of carbonyl (C=O) groups is 2. The molecule has 0 aromatic carbocycles. The predicted octanol–water partition coefficient (Wildman–Crippen LogP) is 0.222. The summed E-state index contributed by atoms with van der Waals surface area (Å²) >= 11 is 0. The van der Waals surface area contributed by atoms with Crippen molar-refractivity contribution in [2.75, 3.05) is 26.8 Å². The monoisotopic (exact) mass is 228 g/mol. The molecule has 0 aliphatic rings. The van der Waals surface area contributed by atoms with Crippen molar-refractivity contribution in [3.8, 4) is 0 Å². The number of nitrogens with one attached hydrogen (secondary N) is 2. The average Bonchev–Trinajstić information content (AvgIpc) is 2.26. The van der Waals surface area contributed by atoms with Gasteiger partial charge in [-0.2, -0.15) is 0 Å². The van der Waals surface area contributed by atoms with E-state index in [2.05, 4.69) is 10.6 Å². The normalized spacial score (nSPS) is 11.1. The molecular weight excluding hydrogens is 208 g/mol. The Labute approximate surface area is 96.2 Å². The molecule has 0 rings (SSSR count). The first-order valence-corrected chi connectivity index (χ1v) is 5.32. The van der Waals surface area contributed by atoms with Crippen LogP contribution < -0.4 is 10.6 Å². The van der Waals surface area contributed by atoms with Gasteiger partial charge in [0.25, 0.3) is 0 Å². The minimum atomic E-state index is -0.213. The van der Waals surface area contributed by atoms with E-state index in [-0.39, 0.29) is 18.4 Å². The summed E-state index contributed by atoms with van der Waals surface area (Å²) in [5.41, 5.74) is 0.632. The van der Waals surface area contributed by atoms with Gasteiger partial charge in [0.1, 0.15) is 0 Å². The van der Waals surface area contributed by atoms with Crippen molar-refractivity contribution in [3.63, 3.8) is 0 Å². The van der Waals surface area contributed by atoms with Gasteiger partial charge in [-0.3, -0.25) is 9.59 Å². The number of amides is 2. The van der Waals surface area contributed by atoms with Crippen LogP contribution in [0.15, 0.2) is 11.6 Å². The SMILES string of the molecule is CCC=C(C)C(=O)NCC(=O)NCCOC. The van der Waals surface area contributed by atoms with E-state index in [1.807, 2.05) is 13.0 Å². The lowest BCUT2D eigenvalue weighted by Gasteiger charge is -2.06. The number of ether oxygens (including phenoxy) is 1. The highest BCUT2D eigenvalue weighted by atomic mass is 16.5. The van der Waals surface area contributed by atoms with E-state index in [1.165, 1.54) is 0 Å². The van der Waals surface area contributed by atoms with Crippen LogP contribution in [0.3, 0.4) is 0 Å². The Morgan fingerprint density at radius 1 is 1.31 bits per heavy atom. The summed E-state index contributed by atoms with van der Waals surface area (Å²) in [5.74, 6) is -0.418. The van der Waals surface area contributed by atoms with Gasteiger partial charge in [0, 0.05) is 19.2 Å². The van der Waals surface area contributed by atoms with Crippen LogP contribution >= 0.6 is 0 Å². The van der Waals surface area contributed by atoms with E-state index < -0.39 is 0 Å². The van der Waals surface area contributed by atoms with Gasteiger partial charge in [0.15, 0.2) is 0 Å². The molecular formula is C11H20N2O3. The number of carbonyl (C=O) groups excluding carboxylic acids is 2. The van der Waals surface area contributed by atoms with E-state index in [0.717, 1.165) is 6.42 Å². The van der Waals surface area contributed by atoms with Gasteiger partial charge in [0.2, 0.25) is 11.8 Å². The first-order chi connectivity index (χ1) is 7.61. The zero-order valence-electron chi connectivity index (χ0n) is 10.1. The minimum Gasteiger partial charge on any atom is -0.383 e. The van der Waals surface area contributed by atoms with Gasteiger partial charge in [-0.1, -0.05) is 13.0 Å². The number of allylic oxidation sites excluding steroid dienone is 1. The van der Waals surface area contributed by atoms with Crippen molar-refractivity contribution in [2.24, 2.45) is 0 Å². The van der Waals surface area contributed by atoms with Gasteiger partial charge in [-0.25, -0.2) is 0 Å². The van der Waals surface area contributed by atoms with Crippen LogP contribution in [-0.4, -0.2) is 38.6 Å². The summed E-state index contributed by atoms with van der Waals surface area (Å²) < 4.78 is 4.78. The fourth-order valence-electron chi connectivity index (χ4n) is 1.05. The van der Waals surface area contributed by atoms with E-state index in [1.54, 1.807) is 14.0 Å². The predicted molar refractivity (Wildman–Crippen MR) is 61.9 cm³/mol. The third-order valence-corrected chi connectivity index (χ3v) is 1.91. The third kappa shape index (κ3) is 7.00. The number of hydrogen-bond acceptors (Lipinski definition) is 3. The van der Waals surface area contributed by atoms with Crippen molar-refractivity contribution < 1.29 is 14.3 Å². The summed E-state index contributed by atoms with van der Waals surface area (Å²) in [7, 11) is 1.56. The van der Waals surface area contributed by atoms with Crippen LogP contribution in [0, 0.1) is 0 Å². The second-order valence-electron chi connectivity index (χ2n) is 3.32. The largest absolute Gasteiger partial charge is 0.383 e. The molecule has 0 aliphatic carbocycles. The molecule has 0 aromatic rings. The Morgan fingerprint density at radius 2 is 2.00 bits per heavy atom. The summed E-state index contributed by atoms with van der Waals surface area (Å²) in [5, 5.41) is 5.15. The zero-order valence-corrected chi connectivity index (χ0v) is 10.1. The van der Waals surface area contributed by atoms with Crippen molar-refractivity contribution in [3.05, 3.63) is 11.6 Å². The molecule has 0 heterocycles. The van der Waals surface area contributed by atoms with Gasteiger partial charge in [-0.15, -0.1) is 0 Å². The van der Waals surface area contributed by atoms with Crippen LogP contribution in [0.5, 0.6) is 0 Å². The maximum Gasteiger partial charge on any atom is 0.247 e. The Balaban J connectivity index is 3.75. The molecule has 5 heteroatoms. The lowest BCUT2D eigenvalue weighted by atomic mass is 10.2. The Kier molecular flexibility index (Phi) is 8.15. The Morgan fingerprint density at radius 3 is 2.56 bits per heavy atom. The highest BCUT2D eigenvalue weighted by Gasteiger charge is 2.05. The third-order valence-electron chi connectivity index (χ3n) is 1.91. The maximum absolute atomic E-state index is 11.4. The second kappa shape index (κ2) is 8.91. The van der Waals surface area contributed by atoms with Crippen LogP contribution in [0.1, 0.15) is 20.3 Å². The highest BCUT2D eigenvalue weighted by Crippen LogP contribution is 1.93. The van der Waals surface area contributed by atoms with Crippen molar-refractivity contribution >= 4 is 11.8 Å². The van der Waals surface area contributed by atoms with Crippen LogP contribution in [0.4, 0.5) is 0 Å². The molecule has 92 valence electrons. The van der Waals surface area contributed by atoms with Crippen LogP contribution in [0.25, 0.3) is 0 Å². The molecule has 16 heavy (non-hydrogen) atoms. The van der Waals surface area contributed by atoms with Gasteiger partial charge >= 0.3 is 0 Å². The molecule has 0 bridgehead atoms. The van der Waals surface area contributed by atoms with Crippen LogP contribution in [-0.2, 0) is 14.3 Å². The van der Waals surface area contributed by atoms with E-state index in [9.17, 15) is 9.59 Å². The number of hydrogen-bond donors (Lipinski definition) is 2. The number of methoxy groups -OCH3 is 1. The lowest BCUT2D eigenvalue weighted by Crippen LogP contribution is -2.38. The molecule has 0 spiro atoms. The molecule has 0 saturated carbocycles. The fourth-order valence-corrected chi connectivity index (χ4v) is 1.05. The second-order valence-corrected chi connectivity index (χ2v) is 3.32. The van der Waals surface area contributed by atoms with Crippen LogP contribution in [0.2, 0.25) is 0 Å². The molecule has 0 unspecified atom stereocenters. The molecule has 2 amide bonds. The minimum absolute atomic E-state index is 0.00254. The maximum atomic E-state index is 11.4. The molecule has 0 fully saturated rings. The molecule has 0 atom stereocenters. The summed E-state index contributed by atoms with van der Waals surface area (Å²) in [6.45, 7) is 4.59. The zero-order chi connectivity index (χ0) is 12.4. The summed E-state index contributed by atoms with van der Waals surface area (Å²) in [6, 6.07) is 0. The van der Waals surface area contributed by atoms with Crippen molar-refractivity contribution in [1.82, 2.24) is 10.6 Å². The molecule has 0 aromatic heterocycles. The van der Waals surface area contributed by atoms with Crippen molar-refractivity contribution in [1.29, 1.82) is 0 Å². The first kappa shape index (κ1) is 14.6. The smallest absolute Gasteiger partial charge is 0.247 e. The van der Waals surface area contributed by atoms with E-state index in [0.29, 0.717) is 18.7 Å². The molecule has 5 nitrogen and oxygen atoms in total. The summed E-state index contributed by atoms with van der Waals surface area (Å²) in [4.78, 5) is 22.6. The quantitative estimate of drug-likeness (QED) is 0.484. The topological polar surface area (TPSA) is 67.4 Å². The molecule has 0 saturated heterocycles. The number of rotatable bonds is 7. The average molecular weight is 228 g/mol. The lowest BCUT2D eigenvalue weighted by molar-refractivity contribution is -0.124. The Hall–Kier alpha value is -1.36. The molecule has 0 radical (unpaired) electrons. The first-order valence-electron chi connectivity index (χ1n) is 5.32. The fraction of sp³-hybridized carbons (Fsp3) is 0.636. The van der Waals surface area contributed by atoms with E-state index in [4.69, 9.17) is 4.74 Å². The summed E-state index contributed by atoms with van der Waals surface area (Å²) in [6.07, 6.45) is 2.62. The molecule has 2 N–H and O–H groups in total. The Bertz CT molecular complexity index is 262. The molecule has 0 aliphatic heterocycles. The van der Waals surface area contributed by atoms with Gasteiger partial charge in [-0.05, 0) is 13.3 Å². The van der Waals surface area contributed by atoms with Crippen molar-refractivity contribution in [2.45, 2.75) is 20.3 Å². The standard InChI is InChI=1S/C11H20N2O3/c1-4-5-9(2)11(15)13-8-10(14)12-6-7-16-3/h5H,4,6-8H2,1-3H3,(H,12,14)(H,13,15).